The minimum absolute atomic E-state index is 0.0564. The lowest BCUT2D eigenvalue weighted by molar-refractivity contribution is -0.137. The SMILES string of the molecule is Cn1c(=O)c(=O)[nH]c2cc(C(F)(F)F)c(N3C=CC=CC=C3)cc21. The minimum Gasteiger partial charge on any atom is -0.323 e. The van der Waals surface area contributed by atoms with E-state index in [0.717, 1.165) is 10.6 Å². The van der Waals surface area contributed by atoms with E-state index >= 15 is 0 Å². The predicted octanol–water partition coefficient (Wildman–Crippen LogP) is 2.65. The van der Waals surface area contributed by atoms with Crippen LogP contribution in [0, 0.1) is 0 Å². The number of H-pyrrole nitrogens is 1. The largest absolute Gasteiger partial charge is 0.418 e. The molecule has 2 heterocycles. The fourth-order valence-electron chi connectivity index (χ4n) is 2.46. The van der Waals surface area contributed by atoms with E-state index in [2.05, 4.69) is 4.98 Å². The second kappa shape index (κ2) is 5.55. The number of benzene rings is 1. The summed E-state index contributed by atoms with van der Waals surface area (Å²) < 4.78 is 41.4. The standard InChI is InChI=1S/C16H12F3N3O2/c1-21-13-9-12(22-6-4-2-3-5-7-22)10(16(17,18)19)8-11(13)20-14(23)15(21)24/h2-9H,1H3,(H,20,23). The van der Waals surface area contributed by atoms with Gasteiger partial charge < -0.3 is 14.5 Å². The molecule has 0 saturated heterocycles. The molecule has 1 aromatic heterocycles. The highest BCUT2D eigenvalue weighted by Gasteiger charge is 2.35. The summed E-state index contributed by atoms with van der Waals surface area (Å²) in [6.07, 6.45) is 4.86. The molecule has 0 saturated carbocycles. The van der Waals surface area contributed by atoms with E-state index in [9.17, 15) is 22.8 Å². The van der Waals surface area contributed by atoms with E-state index < -0.39 is 22.9 Å². The molecule has 0 atom stereocenters. The van der Waals surface area contributed by atoms with E-state index in [-0.39, 0.29) is 16.7 Å². The van der Waals surface area contributed by atoms with Crippen LogP contribution in [0.15, 0.2) is 58.4 Å². The summed E-state index contributed by atoms with van der Waals surface area (Å²) in [7, 11) is 1.34. The molecule has 3 rings (SSSR count). The molecule has 24 heavy (non-hydrogen) atoms. The molecule has 1 aliphatic rings. The zero-order valence-electron chi connectivity index (χ0n) is 12.5. The maximum Gasteiger partial charge on any atom is 0.418 e. The number of hydrogen-bond donors (Lipinski definition) is 1. The molecule has 8 heteroatoms. The number of aromatic amines is 1. The van der Waals surface area contributed by atoms with Crippen molar-refractivity contribution in [3.05, 3.63) is 75.1 Å². The second-order valence-electron chi connectivity index (χ2n) is 5.18. The molecular weight excluding hydrogens is 323 g/mol. The van der Waals surface area contributed by atoms with Gasteiger partial charge in [0.25, 0.3) is 0 Å². The lowest BCUT2D eigenvalue weighted by Crippen LogP contribution is -2.35. The average molecular weight is 335 g/mol. The van der Waals surface area contributed by atoms with Gasteiger partial charge in [0.1, 0.15) is 0 Å². The van der Waals surface area contributed by atoms with Gasteiger partial charge in [-0.1, -0.05) is 12.2 Å². The van der Waals surface area contributed by atoms with Gasteiger partial charge in [-0.15, -0.1) is 0 Å². The Morgan fingerprint density at radius 3 is 2.21 bits per heavy atom. The number of rotatable bonds is 1. The number of anilines is 1. The van der Waals surface area contributed by atoms with Crippen LogP contribution in [0.3, 0.4) is 0 Å². The van der Waals surface area contributed by atoms with Crippen LogP contribution < -0.4 is 16.0 Å². The molecule has 0 bridgehead atoms. The highest BCUT2D eigenvalue weighted by Crippen LogP contribution is 2.39. The monoisotopic (exact) mass is 335 g/mol. The van der Waals surface area contributed by atoms with Crippen molar-refractivity contribution in [3.8, 4) is 0 Å². The van der Waals surface area contributed by atoms with Crippen molar-refractivity contribution in [3.63, 3.8) is 0 Å². The topological polar surface area (TPSA) is 58.1 Å². The summed E-state index contributed by atoms with van der Waals surface area (Å²) in [5, 5.41) is 0. The van der Waals surface area contributed by atoms with Crippen LogP contribution in [0.4, 0.5) is 18.9 Å². The number of fused-ring (bicyclic) bond motifs is 1. The number of nitrogens with zero attached hydrogens (tertiary/aromatic N) is 2. The van der Waals surface area contributed by atoms with Crippen molar-refractivity contribution in [2.75, 3.05) is 4.90 Å². The van der Waals surface area contributed by atoms with Crippen molar-refractivity contribution in [2.24, 2.45) is 7.05 Å². The van der Waals surface area contributed by atoms with E-state index in [1.54, 1.807) is 24.3 Å². The molecule has 0 amide bonds. The summed E-state index contributed by atoms with van der Waals surface area (Å²) in [6.45, 7) is 0. The molecular formula is C16H12F3N3O2. The lowest BCUT2D eigenvalue weighted by Gasteiger charge is -2.22. The highest BCUT2D eigenvalue weighted by molar-refractivity contribution is 5.82. The number of aromatic nitrogens is 2. The van der Waals surface area contributed by atoms with Crippen LogP contribution >= 0.6 is 0 Å². The molecule has 0 radical (unpaired) electrons. The number of nitrogens with one attached hydrogen (secondary N) is 1. The molecule has 1 N–H and O–H groups in total. The number of allylic oxidation sites excluding steroid dienone is 4. The number of hydrogen-bond acceptors (Lipinski definition) is 3. The maximum absolute atomic E-state index is 13.5. The molecule has 1 aromatic carbocycles. The Hall–Kier alpha value is -3.03. The van der Waals surface area contributed by atoms with Gasteiger partial charge in [-0.05, 0) is 24.3 Å². The molecule has 0 unspecified atom stereocenters. The zero-order valence-corrected chi connectivity index (χ0v) is 12.5. The first-order valence-corrected chi connectivity index (χ1v) is 6.93. The van der Waals surface area contributed by atoms with Gasteiger partial charge in [0.2, 0.25) is 0 Å². The fourth-order valence-corrected chi connectivity index (χ4v) is 2.46. The first kappa shape index (κ1) is 15.9. The zero-order chi connectivity index (χ0) is 17.5. The number of halogens is 3. The van der Waals surface area contributed by atoms with Crippen molar-refractivity contribution in [2.45, 2.75) is 6.18 Å². The van der Waals surface area contributed by atoms with Gasteiger partial charge in [0.15, 0.2) is 0 Å². The van der Waals surface area contributed by atoms with Crippen LogP contribution in [0.2, 0.25) is 0 Å². The Morgan fingerprint density at radius 2 is 1.62 bits per heavy atom. The van der Waals surface area contributed by atoms with Crippen molar-refractivity contribution < 1.29 is 13.2 Å². The Bertz CT molecular complexity index is 994. The second-order valence-corrected chi connectivity index (χ2v) is 5.18. The van der Waals surface area contributed by atoms with Gasteiger partial charge in [-0.3, -0.25) is 9.59 Å². The molecule has 1 aliphatic heterocycles. The maximum atomic E-state index is 13.5. The van der Waals surface area contributed by atoms with Crippen molar-refractivity contribution in [1.82, 2.24) is 9.55 Å². The summed E-state index contributed by atoms with van der Waals surface area (Å²) >= 11 is 0. The van der Waals surface area contributed by atoms with E-state index in [4.69, 9.17) is 0 Å². The molecule has 124 valence electrons. The summed E-state index contributed by atoms with van der Waals surface area (Å²) in [5.74, 6) is 0. The van der Waals surface area contributed by atoms with Crippen molar-refractivity contribution in [1.29, 1.82) is 0 Å². The average Bonchev–Trinajstić information content (AvgIpc) is 2.80. The Morgan fingerprint density at radius 1 is 1.00 bits per heavy atom. The third-order valence-corrected chi connectivity index (χ3v) is 3.63. The summed E-state index contributed by atoms with van der Waals surface area (Å²) in [4.78, 5) is 26.8. The highest BCUT2D eigenvalue weighted by atomic mass is 19.4. The smallest absolute Gasteiger partial charge is 0.323 e. The number of alkyl halides is 3. The summed E-state index contributed by atoms with van der Waals surface area (Å²) in [6, 6.07) is 2.07. The van der Waals surface area contributed by atoms with Gasteiger partial charge in [0.05, 0.1) is 22.3 Å². The fraction of sp³-hybridized carbons (Fsp3) is 0.125. The third kappa shape index (κ3) is 2.66. The van der Waals surface area contributed by atoms with Crippen LogP contribution in [0.5, 0.6) is 0 Å². The van der Waals surface area contributed by atoms with E-state index in [0.29, 0.717) is 0 Å². The predicted molar refractivity (Wildman–Crippen MR) is 84.7 cm³/mol. The normalized spacial score (nSPS) is 14.4. The first-order valence-electron chi connectivity index (χ1n) is 6.93. The quantitative estimate of drug-likeness (QED) is 0.815. The van der Waals surface area contributed by atoms with Gasteiger partial charge >= 0.3 is 17.3 Å². The van der Waals surface area contributed by atoms with Crippen LogP contribution in [0.25, 0.3) is 11.0 Å². The van der Waals surface area contributed by atoms with Crippen LogP contribution in [0.1, 0.15) is 5.56 Å². The Labute approximate surface area is 133 Å². The molecule has 2 aromatic rings. The Kier molecular flexibility index (Phi) is 3.67. The molecule has 5 nitrogen and oxygen atoms in total. The molecule has 0 aliphatic carbocycles. The van der Waals surface area contributed by atoms with E-state index in [1.165, 1.54) is 30.4 Å². The molecule has 0 spiro atoms. The van der Waals surface area contributed by atoms with Crippen LogP contribution in [-0.4, -0.2) is 9.55 Å². The van der Waals surface area contributed by atoms with Gasteiger partial charge in [-0.2, -0.15) is 13.2 Å². The third-order valence-electron chi connectivity index (χ3n) is 3.63. The Balaban J connectivity index is 2.37. The first-order chi connectivity index (χ1) is 11.3. The van der Waals surface area contributed by atoms with Crippen molar-refractivity contribution >= 4 is 16.7 Å². The molecule has 0 fully saturated rings. The van der Waals surface area contributed by atoms with E-state index in [1.807, 2.05) is 0 Å². The van der Waals surface area contributed by atoms with Gasteiger partial charge in [0, 0.05) is 19.4 Å². The lowest BCUT2D eigenvalue weighted by atomic mass is 10.1. The summed E-state index contributed by atoms with van der Waals surface area (Å²) in [5.41, 5.74) is -2.73. The van der Waals surface area contributed by atoms with Crippen LogP contribution in [-0.2, 0) is 13.2 Å². The number of aryl methyl sites for hydroxylation is 1. The van der Waals surface area contributed by atoms with Gasteiger partial charge in [-0.25, -0.2) is 0 Å². The minimum atomic E-state index is -4.63.